The minimum Gasteiger partial charge on any atom is -0.316 e. The summed E-state index contributed by atoms with van der Waals surface area (Å²) in [4.78, 5) is 6.85. The van der Waals surface area contributed by atoms with Crippen LogP contribution in [-0.4, -0.2) is 36.1 Å². The monoisotopic (exact) mass is 323 g/mol. The largest absolute Gasteiger partial charge is 0.316 e. The number of hydrogen-bond donors (Lipinski definition) is 1. The van der Waals surface area contributed by atoms with Crippen molar-refractivity contribution in [3.63, 3.8) is 0 Å². The summed E-state index contributed by atoms with van der Waals surface area (Å²) in [5.74, 6) is 0. The first-order valence-corrected chi connectivity index (χ1v) is 6.67. The molecule has 1 aromatic rings. The van der Waals surface area contributed by atoms with Crippen LogP contribution in [0.4, 0.5) is 0 Å². The number of nitrogens with one attached hydrogen (secondary N) is 1. The molecular weight excluding hydrogens is 309 g/mol. The number of halogens is 1. The summed E-state index contributed by atoms with van der Waals surface area (Å²) in [6.07, 6.45) is 3.21. The van der Waals surface area contributed by atoms with Crippen LogP contribution in [0.5, 0.6) is 0 Å². The molecule has 0 bridgehead atoms. The summed E-state index contributed by atoms with van der Waals surface area (Å²) in [5.41, 5.74) is 0. The van der Waals surface area contributed by atoms with E-state index in [-0.39, 0.29) is 0 Å². The highest BCUT2D eigenvalue weighted by molar-refractivity contribution is 14.1. The SMILES string of the molecule is CNC1CCN(Cc2ncc(I)s2)C1. The lowest BCUT2D eigenvalue weighted by Crippen LogP contribution is -2.29. The summed E-state index contributed by atoms with van der Waals surface area (Å²) in [5, 5.41) is 4.57. The number of thiazole rings is 1. The first kappa shape index (κ1) is 10.8. The van der Waals surface area contributed by atoms with Gasteiger partial charge in [0.1, 0.15) is 5.01 Å². The van der Waals surface area contributed by atoms with Crippen molar-refractivity contribution in [2.45, 2.75) is 19.0 Å². The third-order valence-electron chi connectivity index (χ3n) is 2.56. The lowest BCUT2D eigenvalue weighted by atomic mass is 10.3. The van der Waals surface area contributed by atoms with Crippen molar-refractivity contribution >= 4 is 33.9 Å². The number of likely N-dealkylation sites (N-methyl/N-ethyl adjacent to an activating group) is 1. The van der Waals surface area contributed by atoms with E-state index in [9.17, 15) is 0 Å². The van der Waals surface area contributed by atoms with Gasteiger partial charge in [0.2, 0.25) is 0 Å². The van der Waals surface area contributed by atoms with Crippen molar-refractivity contribution in [1.29, 1.82) is 0 Å². The molecule has 1 saturated heterocycles. The van der Waals surface area contributed by atoms with Crippen LogP contribution in [0.2, 0.25) is 0 Å². The molecule has 1 aromatic heterocycles. The van der Waals surface area contributed by atoms with E-state index < -0.39 is 0 Å². The molecule has 78 valence electrons. The summed E-state index contributed by atoms with van der Waals surface area (Å²) in [7, 11) is 2.04. The number of hydrogen-bond acceptors (Lipinski definition) is 4. The van der Waals surface area contributed by atoms with Crippen LogP contribution in [0.1, 0.15) is 11.4 Å². The van der Waals surface area contributed by atoms with Gasteiger partial charge in [-0.05, 0) is 36.1 Å². The molecule has 2 heterocycles. The van der Waals surface area contributed by atoms with Crippen molar-refractivity contribution in [3.05, 3.63) is 14.1 Å². The van der Waals surface area contributed by atoms with E-state index in [2.05, 4.69) is 37.8 Å². The molecule has 0 aromatic carbocycles. The summed E-state index contributed by atoms with van der Waals surface area (Å²) >= 11 is 4.12. The smallest absolute Gasteiger partial charge is 0.108 e. The summed E-state index contributed by atoms with van der Waals surface area (Å²) < 4.78 is 1.28. The Hall–Kier alpha value is 0.280. The first-order valence-electron chi connectivity index (χ1n) is 4.78. The molecule has 0 radical (unpaired) electrons. The zero-order valence-electron chi connectivity index (χ0n) is 8.16. The number of aromatic nitrogens is 1. The van der Waals surface area contributed by atoms with E-state index in [4.69, 9.17) is 0 Å². The van der Waals surface area contributed by atoms with Crippen LogP contribution >= 0.6 is 33.9 Å². The second-order valence-electron chi connectivity index (χ2n) is 3.57. The Balaban J connectivity index is 1.87. The van der Waals surface area contributed by atoms with E-state index in [1.807, 2.05) is 13.2 Å². The van der Waals surface area contributed by atoms with Gasteiger partial charge < -0.3 is 5.32 Å². The third-order valence-corrected chi connectivity index (χ3v) is 4.27. The standard InChI is InChI=1S/C9H14IN3S/c1-11-7-2-3-13(5-7)6-9-12-4-8(10)14-9/h4,7,11H,2-3,5-6H2,1H3. The van der Waals surface area contributed by atoms with Gasteiger partial charge in [-0.2, -0.15) is 0 Å². The summed E-state index contributed by atoms with van der Waals surface area (Å²) in [6, 6.07) is 0.675. The maximum Gasteiger partial charge on any atom is 0.108 e. The lowest BCUT2D eigenvalue weighted by molar-refractivity contribution is 0.322. The molecule has 1 fully saturated rings. The van der Waals surface area contributed by atoms with E-state index in [0.717, 1.165) is 13.1 Å². The molecule has 0 amide bonds. The Labute approximate surface area is 102 Å². The molecule has 3 nitrogen and oxygen atoms in total. The predicted molar refractivity (Wildman–Crippen MR) is 67.6 cm³/mol. The average Bonchev–Trinajstić information content (AvgIpc) is 2.76. The molecule has 0 saturated carbocycles. The molecule has 2 rings (SSSR count). The van der Waals surface area contributed by atoms with E-state index in [1.165, 1.54) is 20.9 Å². The first-order chi connectivity index (χ1) is 6.78. The Bertz CT molecular complexity index is 302. The highest BCUT2D eigenvalue weighted by Gasteiger charge is 2.21. The molecule has 1 atom stereocenters. The molecule has 14 heavy (non-hydrogen) atoms. The Morgan fingerprint density at radius 2 is 2.64 bits per heavy atom. The van der Waals surface area contributed by atoms with Crippen molar-refractivity contribution in [3.8, 4) is 0 Å². The van der Waals surface area contributed by atoms with Gasteiger partial charge in [-0.3, -0.25) is 4.90 Å². The molecule has 1 unspecified atom stereocenters. The fourth-order valence-electron chi connectivity index (χ4n) is 1.76. The molecule has 1 aliphatic rings. The third kappa shape index (κ3) is 2.65. The van der Waals surface area contributed by atoms with Crippen LogP contribution < -0.4 is 5.32 Å². The maximum absolute atomic E-state index is 4.38. The van der Waals surface area contributed by atoms with Crippen LogP contribution in [0.15, 0.2) is 6.20 Å². The van der Waals surface area contributed by atoms with Crippen LogP contribution in [-0.2, 0) is 6.54 Å². The Kier molecular flexibility index (Phi) is 3.75. The van der Waals surface area contributed by atoms with Crippen molar-refractivity contribution in [1.82, 2.24) is 15.2 Å². The zero-order chi connectivity index (χ0) is 9.97. The molecule has 0 spiro atoms. The van der Waals surface area contributed by atoms with Gasteiger partial charge in [-0.15, -0.1) is 11.3 Å². The van der Waals surface area contributed by atoms with Crippen LogP contribution in [0, 0.1) is 2.88 Å². The summed E-state index contributed by atoms with van der Waals surface area (Å²) in [6.45, 7) is 3.38. The Morgan fingerprint density at radius 3 is 3.21 bits per heavy atom. The quantitative estimate of drug-likeness (QED) is 0.856. The average molecular weight is 323 g/mol. The van der Waals surface area contributed by atoms with Gasteiger partial charge in [0.05, 0.1) is 15.6 Å². The van der Waals surface area contributed by atoms with E-state index in [1.54, 1.807) is 11.3 Å². The molecular formula is C9H14IN3S. The van der Waals surface area contributed by atoms with Gasteiger partial charge in [0.15, 0.2) is 0 Å². The van der Waals surface area contributed by atoms with Gasteiger partial charge in [-0.25, -0.2) is 4.98 Å². The van der Waals surface area contributed by atoms with E-state index >= 15 is 0 Å². The zero-order valence-corrected chi connectivity index (χ0v) is 11.1. The minimum atomic E-state index is 0.675. The van der Waals surface area contributed by atoms with Gasteiger partial charge in [0.25, 0.3) is 0 Å². The van der Waals surface area contributed by atoms with Gasteiger partial charge in [0, 0.05) is 19.1 Å². The lowest BCUT2D eigenvalue weighted by Gasteiger charge is -2.13. The molecule has 5 heteroatoms. The highest BCUT2D eigenvalue weighted by atomic mass is 127. The number of likely N-dealkylation sites (tertiary alicyclic amines) is 1. The van der Waals surface area contributed by atoms with Crippen molar-refractivity contribution in [2.75, 3.05) is 20.1 Å². The predicted octanol–water partition coefficient (Wildman–Crippen LogP) is 1.54. The normalized spacial score (nSPS) is 23.1. The number of rotatable bonds is 3. The van der Waals surface area contributed by atoms with Gasteiger partial charge >= 0.3 is 0 Å². The second-order valence-corrected chi connectivity index (χ2v) is 6.58. The van der Waals surface area contributed by atoms with Crippen LogP contribution in [0.3, 0.4) is 0 Å². The Morgan fingerprint density at radius 1 is 1.79 bits per heavy atom. The second kappa shape index (κ2) is 4.87. The molecule has 1 N–H and O–H groups in total. The van der Waals surface area contributed by atoms with E-state index in [0.29, 0.717) is 6.04 Å². The fraction of sp³-hybridized carbons (Fsp3) is 0.667. The molecule has 0 aliphatic carbocycles. The van der Waals surface area contributed by atoms with Gasteiger partial charge in [-0.1, -0.05) is 0 Å². The topological polar surface area (TPSA) is 28.2 Å². The molecule has 1 aliphatic heterocycles. The van der Waals surface area contributed by atoms with Crippen molar-refractivity contribution < 1.29 is 0 Å². The van der Waals surface area contributed by atoms with Crippen molar-refractivity contribution in [2.24, 2.45) is 0 Å². The fourth-order valence-corrected chi connectivity index (χ4v) is 3.35. The maximum atomic E-state index is 4.38. The van der Waals surface area contributed by atoms with Crippen LogP contribution in [0.25, 0.3) is 0 Å². The number of nitrogens with zero attached hydrogens (tertiary/aromatic N) is 2. The highest BCUT2D eigenvalue weighted by Crippen LogP contribution is 2.18. The minimum absolute atomic E-state index is 0.675.